The van der Waals surface area contributed by atoms with Crippen molar-refractivity contribution in [2.45, 2.75) is 44.8 Å². The van der Waals surface area contributed by atoms with Gasteiger partial charge in [-0.05, 0) is 53.8 Å². The van der Waals surface area contributed by atoms with Crippen LogP contribution in [0.15, 0.2) is 78.9 Å². The van der Waals surface area contributed by atoms with Crippen LogP contribution >= 0.6 is 0 Å². The van der Waals surface area contributed by atoms with Gasteiger partial charge in [0.1, 0.15) is 12.4 Å². The molecule has 0 radical (unpaired) electrons. The van der Waals surface area contributed by atoms with Crippen LogP contribution in [0.25, 0.3) is 11.1 Å². The molecule has 0 unspecified atom stereocenters. The molecular formula is C27H28N2O4. The number of hydrogen-bond donors (Lipinski definition) is 2. The van der Waals surface area contributed by atoms with Crippen LogP contribution in [-0.4, -0.2) is 18.2 Å². The summed E-state index contributed by atoms with van der Waals surface area (Å²) in [5.41, 5.74) is 3.42. The molecule has 2 amide bonds. The van der Waals surface area contributed by atoms with E-state index in [9.17, 15) is 9.59 Å². The molecule has 1 aliphatic rings. The third-order valence-electron chi connectivity index (χ3n) is 5.65. The quantitative estimate of drug-likeness (QED) is 0.454. The highest BCUT2D eigenvalue weighted by atomic mass is 16.6. The average molecular weight is 445 g/mol. The molecular weight excluding hydrogens is 416 g/mol. The van der Waals surface area contributed by atoms with Gasteiger partial charge < -0.3 is 14.8 Å². The van der Waals surface area contributed by atoms with E-state index in [0.29, 0.717) is 11.4 Å². The zero-order chi connectivity index (χ0) is 22.9. The second-order valence-corrected chi connectivity index (χ2v) is 8.16. The van der Waals surface area contributed by atoms with Crippen LogP contribution in [0.4, 0.5) is 15.3 Å². The van der Waals surface area contributed by atoms with Gasteiger partial charge in [-0.2, -0.15) is 0 Å². The van der Waals surface area contributed by atoms with Gasteiger partial charge in [0.05, 0.1) is 0 Å². The second-order valence-electron chi connectivity index (χ2n) is 8.16. The number of rotatable bonds is 6. The van der Waals surface area contributed by atoms with Crippen molar-refractivity contribution >= 4 is 17.9 Å². The van der Waals surface area contributed by atoms with Crippen LogP contribution in [0, 0.1) is 0 Å². The van der Waals surface area contributed by atoms with Crippen LogP contribution in [0.2, 0.25) is 0 Å². The fraction of sp³-hybridized carbons (Fsp3) is 0.259. The standard InChI is InChI=1S/C27H28N2O4/c30-26(32-19-20-8-3-1-4-9-20)28-24-16-14-21(15-17-24)22-10-7-13-25(18-22)33-27(31)29-23-11-5-2-6-12-23/h1,3-4,7-10,13-18,23H,2,5-6,11-12,19H2,(H,28,30)(H,29,31). The number of hydrogen-bond acceptors (Lipinski definition) is 4. The summed E-state index contributed by atoms with van der Waals surface area (Å²) < 4.78 is 10.7. The van der Waals surface area contributed by atoms with Crippen LogP contribution in [0.3, 0.4) is 0 Å². The summed E-state index contributed by atoms with van der Waals surface area (Å²) in [5.74, 6) is 0.493. The molecule has 0 aliphatic heterocycles. The van der Waals surface area contributed by atoms with Crippen LogP contribution < -0.4 is 15.4 Å². The van der Waals surface area contributed by atoms with E-state index in [0.717, 1.165) is 42.4 Å². The molecule has 6 nitrogen and oxygen atoms in total. The number of benzene rings is 3. The maximum absolute atomic E-state index is 12.2. The first-order valence-electron chi connectivity index (χ1n) is 11.3. The normalized spacial score (nSPS) is 13.7. The van der Waals surface area contributed by atoms with Gasteiger partial charge in [0, 0.05) is 11.7 Å². The summed E-state index contributed by atoms with van der Waals surface area (Å²) >= 11 is 0. The molecule has 2 N–H and O–H groups in total. The smallest absolute Gasteiger partial charge is 0.412 e. The Hall–Kier alpha value is -3.80. The van der Waals surface area contributed by atoms with Gasteiger partial charge in [0.2, 0.25) is 0 Å². The third kappa shape index (κ3) is 6.84. The van der Waals surface area contributed by atoms with E-state index in [-0.39, 0.29) is 12.6 Å². The SMILES string of the molecule is O=C(Nc1ccc(-c2cccc(OC(=O)NC3CCCCC3)c2)cc1)OCc1ccccc1. The molecule has 6 heteroatoms. The topological polar surface area (TPSA) is 76.7 Å². The number of carbonyl (C=O) groups excluding carboxylic acids is 2. The molecule has 3 aromatic rings. The molecule has 4 rings (SSSR count). The number of nitrogens with one attached hydrogen (secondary N) is 2. The Morgan fingerprint density at radius 2 is 1.55 bits per heavy atom. The fourth-order valence-electron chi connectivity index (χ4n) is 3.91. The Balaban J connectivity index is 1.30. The predicted octanol–water partition coefficient (Wildman–Crippen LogP) is 6.52. The molecule has 0 aromatic heterocycles. The lowest BCUT2D eigenvalue weighted by Crippen LogP contribution is -2.37. The summed E-state index contributed by atoms with van der Waals surface area (Å²) in [5, 5.41) is 5.69. The first kappa shape index (κ1) is 22.4. The first-order chi connectivity index (χ1) is 16.2. The van der Waals surface area contributed by atoms with Gasteiger partial charge in [0.25, 0.3) is 0 Å². The summed E-state index contributed by atoms with van der Waals surface area (Å²) in [6.45, 7) is 0.214. The molecule has 1 fully saturated rings. The van der Waals surface area contributed by atoms with E-state index in [1.165, 1.54) is 6.42 Å². The van der Waals surface area contributed by atoms with Gasteiger partial charge in [-0.3, -0.25) is 5.32 Å². The predicted molar refractivity (Wildman–Crippen MR) is 128 cm³/mol. The Kier molecular flexibility index (Phi) is 7.59. The third-order valence-corrected chi connectivity index (χ3v) is 5.65. The van der Waals surface area contributed by atoms with Crippen molar-refractivity contribution in [2.75, 3.05) is 5.32 Å². The Bertz CT molecular complexity index is 1060. The molecule has 33 heavy (non-hydrogen) atoms. The minimum absolute atomic E-state index is 0.203. The molecule has 0 atom stereocenters. The zero-order valence-corrected chi connectivity index (χ0v) is 18.5. The van der Waals surface area contributed by atoms with Crippen molar-refractivity contribution < 1.29 is 19.1 Å². The van der Waals surface area contributed by atoms with Crippen LogP contribution in [-0.2, 0) is 11.3 Å². The lowest BCUT2D eigenvalue weighted by atomic mass is 9.96. The largest absolute Gasteiger partial charge is 0.444 e. The van der Waals surface area contributed by atoms with E-state index in [1.807, 2.05) is 72.8 Å². The summed E-state index contributed by atoms with van der Waals surface area (Å²) in [4.78, 5) is 24.3. The highest BCUT2D eigenvalue weighted by Gasteiger charge is 2.17. The Morgan fingerprint density at radius 1 is 0.788 bits per heavy atom. The number of ether oxygens (including phenoxy) is 2. The van der Waals surface area contributed by atoms with E-state index in [2.05, 4.69) is 10.6 Å². The van der Waals surface area contributed by atoms with Crippen molar-refractivity contribution in [3.63, 3.8) is 0 Å². The van der Waals surface area contributed by atoms with Crippen molar-refractivity contribution in [1.29, 1.82) is 0 Å². The summed E-state index contributed by atoms with van der Waals surface area (Å²) in [6, 6.07) is 24.5. The minimum atomic E-state index is -0.508. The van der Waals surface area contributed by atoms with Crippen LogP contribution in [0.5, 0.6) is 5.75 Å². The highest BCUT2D eigenvalue weighted by Crippen LogP contribution is 2.26. The molecule has 1 aliphatic carbocycles. The molecule has 1 saturated carbocycles. The molecule has 0 saturated heterocycles. The van der Waals surface area contributed by atoms with Crippen LogP contribution in [0.1, 0.15) is 37.7 Å². The molecule has 170 valence electrons. The maximum Gasteiger partial charge on any atom is 0.412 e. The van der Waals surface area contributed by atoms with E-state index >= 15 is 0 Å². The summed E-state index contributed by atoms with van der Waals surface area (Å²) in [6.07, 6.45) is 4.63. The van der Waals surface area contributed by atoms with E-state index in [1.54, 1.807) is 6.07 Å². The molecule has 0 bridgehead atoms. The lowest BCUT2D eigenvalue weighted by molar-refractivity contribution is 0.155. The summed E-state index contributed by atoms with van der Waals surface area (Å²) in [7, 11) is 0. The number of carbonyl (C=O) groups is 2. The van der Waals surface area contributed by atoms with Gasteiger partial charge in [-0.1, -0.05) is 73.9 Å². The van der Waals surface area contributed by atoms with Gasteiger partial charge in [-0.15, -0.1) is 0 Å². The fourth-order valence-corrected chi connectivity index (χ4v) is 3.91. The van der Waals surface area contributed by atoms with Gasteiger partial charge in [-0.25, -0.2) is 9.59 Å². The molecule has 0 spiro atoms. The monoisotopic (exact) mass is 444 g/mol. The molecule has 3 aromatic carbocycles. The van der Waals surface area contributed by atoms with Crippen molar-refractivity contribution in [3.05, 3.63) is 84.4 Å². The van der Waals surface area contributed by atoms with Gasteiger partial charge in [0.15, 0.2) is 0 Å². The average Bonchev–Trinajstić information content (AvgIpc) is 2.85. The lowest BCUT2D eigenvalue weighted by Gasteiger charge is -2.22. The van der Waals surface area contributed by atoms with E-state index < -0.39 is 12.2 Å². The van der Waals surface area contributed by atoms with Crippen molar-refractivity contribution in [1.82, 2.24) is 5.32 Å². The van der Waals surface area contributed by atoms with Crippen molar-refractivity contribution in [3.8, 4) is 16.9 Å². The molecule has 0 heterocycles. The van der Waals surface area contributed by atoms with E-state index in [4.69, 9.17) is 9.47 Å². The first-order valence-corrected chi connectivity index (χ1v) is 11.3. The Morgan fingerprint density at radius 3 is 2.30 bits per heavy atom. The second kappa shape index (κ2) is 11.2. The highest BCUT2D eigenvalue weighted by molar-refractivity contribution is 5.85. The number of amides is 2. The number of anilines is 1. The zero-order valence-electron chi connectivity index (χ0n) is 18.5. The van der Waals surface area contributed by atoms with Crippen molar-refractivity contribution in [2.24, 2.45) is 0 Å². The Labute approximate surface area is 193 Å². The maximum atomic E-state index is 12.2. The van der Waals surface area contributed by atoms with Gasteiger partial charge >= 0.3 is 12.2 Å². The minimum Gasteiger partial charge on any atom is -0.444 e.